The minimum atomic E-state index is -1.31. The zero-order valence-electron chi connectivity index (χ0n) is 21.8. The molecule has 1 unspecified atom stereocenters. The quantitative estimate of drug-likeness (QED) is 0.344. The standard InChI is InChI=1S/C28H29Cl2N5O5/c1-17(37)32-12-10-18(11-13-32)14-33-26-24(27(39)34(28(33)40)15-21(38)16-36)35(20-8-6-19(29)7-9-20)25(31-26)22-4-2-3-5-23(22)30/h2-9,18,21,36,38H,10-16H2,1H3. The average Bonchev–Trinajstić information content (AvgIpc) is 3.34. The zero-order valence-corrected chi connectivity index (χ0v) is 23.3. The second-order valence-corrected chi connectivity index (χ2v) is 10.8. The van der Waals surface area contributed by atoms with E-state index in [1.165, 1.54) is 11.5 Å². The van der Waals surface area contributed by atoms with Crippen molar-refractivity contribution < 1.29 is 15.0 Å². The molecule has 0 bridgehead atoms. The number of imidazole rings is 1. The summed E-state index contributed by atoms with van der Waals surface area (Å²) in [4.78, 5) is 46.2. The van der Waals surface area contributed by atoms with Crippen LogP contribution in [0.3, 0.4) is 0 Å². The predicted molar refractivity (Wildman–Crippen MR) is 153 cm³/mol. The maximum atomic E-state index is 13.9. The van der Waals surface area contributed by atoms with E-state index in [9.17, 15) is 24.6 Å². The van der Waals surface area contributed by atoms with Crippen molar-refractivity contribution in [1.82, 2.24) is 23.6 Å². The number of fused-ring (bicyclic) bond motifs is 1. The van der Waals surface area contributed by atoms with Gasteiger partial charge in [0.15, 0.2) is 11.2 Å². The Morgan fingerprint density at radius 3 is 2.35 bits per heavy atom. The van der Waals surface area contributed by atoms with Crippen molar-refractivity contribution in [2.24, 2.45) is 5.92 Å². The van der Waals surface area contributed by atoms with Crippen LogP contribution in [0.2, 0.25) is 10.0 Å². The van der Waals surface area contributed by atoms with Gasteiger partial charge >= 0.3 is 5.69 Å². The maximum absolute atomic E-state index is 13.9. The summed E-state index contributed by atoms with van der Waals surface area (Å²) in [5, 5.41) is 20.6. The van der Waals surface area contributed by atoms with Crippen molar-refractivity contribution in [2.75, 3.05) is 19.7 Å². The van der Waals surface area contributed by atoms with Crippen LogP contribution in [-0.2, 0) is 17.9 Å². The van der Waals surface area contributed by atoms with Crippen LogP contribution >= 0.6 is 23.2 Å². The van der Waals surface area contributed by atoms with Crippen molar-refractivity contribution in [1.29, 1.82) is 0 Å². The van der Waals surface area contributed by atoms with Crippen LogP contribution in [0.25, 0.3) is 28.2 Å². The van der Waals surface area contributed by atoms with E-state index in [1.54, 1.807) is 58.0 Å². The lowest BCUT2D eigenvalue weighted by atomic mass is 9.96. The first-order valence-electron chi connectivity index (χ1n) is 13.0. The van der Waals surface area contributed by atoms with Gasteiger partial charge in [-0.3, -0.25) is 23.3 Å². The van der Waals surface area contributed by atoms with Gasteiger partial charge in [-0.15, -0.1) is 0 Å². The second kappa shape index (κ2) is 11.6. The molecule has 5 rings (SSSR count). The van der Waals surface area contributed by atoms with E-state index < -0.39 is 24.0 Å². The number of aliphatic hydroxyl groups is 2. The third-order valence-corrected chi connectivity index (χ3v) is 7.91. The molecule has 1 atom stereocenters. The molecule has 12 heteroatoms. The summed E-state index contributed by atoms with van der Waals surface area (Å²) in [6.07, 6.45) is 0.0487. The average molecular weight is 586 g/mol. The zero-order chi connectivity index (χ0) is 28.6. The SMILES string of the molecule is CC(=O)N1CCC(Cn2c(=O)n(CC(O)CO)c(=O)c3c2nc(-c2ccccc2Cl)n3-c2ccc(Cl)cc2)CC1. The summed E-state index contributed by atoms with van der Waals surface area (Å²) < 4.78 is 4.05. The Bertz CT molecular complexity index is 1670. The maximum Gasteiger partial charge on any atom is 0.332 e. The van der Waals surface area contributed by atoms with Gasteiger partial charge in [0.05, 0.1) is 24.3 Å². The number of rotatable bonds is 7. The smallest absolute Gasteiger partial charge is 0.332 e. The fraction of sp³-hybridized carbons (Fsp3) is 0.357. The number of likely N-dealkylation sites (tertiary alicyclic amines) is 1. The lowest BCUT2D eigenvalue weighted by Gasteiger charge is -2.31. The number of hydrogen-bond acceptors (Lipinski definition) is 6. The Hall–Kier alpha value is -3.44. The first-order chi connectivity index (χ1) is 19.2. The Morgan fingerprint density at radius 1 is 1.05 bits per heavy atom. The van der Waals surface area contributed by atoms with Gasteiger partial charge in [-0.2, -0.15) is 0 Å². The van der Waals surface area contributed by atoms with E-state index in [-0.39, 0.29) is 36.1 Å². The van der Waals surface area contributed by atoms with Gasteiger partial charge in [0.25, 0.3) is 5.56 Å². The molecular weight excluding hydrogens is 557 g/mol. The fourth-order valence-electron chi connectivity index (χ4n) is 5.19. The third-order valence-electron chi connectivity index (χ3n) is 7.33. The van der Waals surface area contributed by atoms with Crippen LogP contribution in [0.4, 0.5) is 0 Å². The topological polar surface area (TPSA) is 123 Å². The number of carbonyl (C=O) groups excluding carboxylic acids is 1. The van der Waals surface area contributed by atoms with E-state index in [1.807, 2.05) is 0 Å². The minimum Gasteiger partial charge on any atom is -0.394 e. The lowest BCUT2D eigenvalue weighted by Crippen LogP contribution is -2.45. The lowest BCUT2D eigenvalue weighted by molar-refractivity contribution is -0.130. The van der Waals surface area contributed by atoms with Gasteiger partial charge in [-0.1, -0.05) is 35.3 Å². The highest BCUT2D eigenvalue weighted by molar-refractivity contribution is 6.33. The van der Waals surface area contributed by atoms with Gasteiger partial charge < -0.3 is 15.1 Å². The van der Waals surface area contributed by atoms with Crippen LogP contribution in [0.15, 0.2) is 58.1 Å². The number of aliphatic hydroxyl groups excluding tert-OH is 2. The molecule has 0 spiro atoms. The normalized spacial score (nSPS) is 15.1. The van der Waals surface area contributed by atoms with E-state index >= 15 is 0 Å². The van der Waals surface area contributed by atoms with E-state index in [0.717, 1.165) is 4.57 Å². The van der Waals surface area contributed by atoms with Crippen molar-refractivity contribution in [3.63, 3.8) is 0 Å². The summed E-state index contributed by atoms with van der Waals surface area (Å²) in [7, 11) is 0. The number of piperidine rings is 1. The highest BCUT2D eigenvalue weighted by Gasteiger charge is 2.28. The van der Waals surface area contributed by atoms with Crippen molar-refractivity contribution >= 4 is 40.3 Å². The number of carbonyl (C=O) groups is 1. The second-order valence-electron chi connectivity index (χ2n) is 9.99. The van der Waals surface area contributed by atoms with Crippen molar-refractivity contribution in [3.05, 3.63) is 79.4 Å². The van der Waals surface area contributed by atoms with Crippen LogP contribution in [0.1, 0.15) is 19.8 Å². The Kier molecular flexibility index (Phi) is 8.14. The monoisotopic (exact) mass is 585 g/mol. The highest BCUT2D eigenvalue weighted by Crippen LogP contribution is 2.32. The number of nitrogens with zero attached hydrogens (tertiary/aromatic N) is 5. The summed E-state index contributed by atoms with van der Waals surface area (Å²) in [5.41, 5.74) is 0.159. The number of benzene rings is 2. The van der Waals surface area contributed by atoms with Gasteiger partial charge in [-0.05, 0) is 55.2 Å². The molecule has 2 aromatic carbocycles. The summed E-state index contributed by atoms with van der Waals surface area (Å²) in [6.45, 7) is 1.94. The van der Waals surface area contributed by atoms with Gasteiger partial charge in [-0.25, -0.2) is 9.78 Å². The molecule has 2 N–H and O–H groups in total. The van der Waals surface area contributed by atoms with Gasteiger partial charge in [0.2, 0.25) is 5.91 Å². The molecule has 1 fully saturated rings. The molecule has 210 valence electrons. The Morgan fingerprint density at radius 2 is 1.73 bits per heavy atom. The first-order valence-corrected chi connectivity index (χ1v) is 13.8. The molecule has 10 nitrogen and oxygen atoms in total. The van der Waals surface area contributed by atoms with Gasteiger partial charge in [0, 0.05) is 42.8 Å². The van der Waals surface area contributed by atoms with Crippen molar-refractivity contribution in [2.45, 2.75) is 39.0 Å². The Balaban J connectivity index is 1.78. The number of hydrogen-bond donors (Lipinski definition) is 2. The number of aromatic nitrogens is 4. The first kappa shape index (κ1) is 28.1. The van der Waals surface area contributed by atoms with Crippen molar-refractivity contribution in [3.8, 4) is 17.1 Å². The van der Waals surface area contributed by atoms with Crippen LogP contribution < -0.4 is 11.2 Å². The van der Waals surface area contributed by atoms with Crippen LogP contribution in [0.5, 0.6) is 0 Å². The molecule has 1 saturated heterocycles. The summed E-state index contributed by atoms with van der Waals surface area (Å²) >= 11 is 12.7. The summed E-state index contributed by atoms with van der Waals surface area (Å²) in [6, 6.07) is 13.9. The Labute approximate surface area is 239 Å². The van der Waals surface area contributed by atoms with E-state index in [0.29, 0.717) is 53.1 Å². The molecule has 3 heterocycles. The molecule has 2 aromatic heterocycles. The third kappa shape index (κ3) is 5.32. The highest BCUT2D eigenvalue weighted by atomic mass is 35.5. The predicted octanol–water partition coefficient (Wildman–Crippen LogP) is 2.93. The van der Waals surface area contributed by atoms with Crippen LogP contribution in [-0.4, -0.2) is 65.5 Å². The molecule has 1 aliphatic rings. The molecule has 0 aliphatic carbocycles. The molecule has 40 heavy (non-hydrogen) atoms. The fourth-order valence-corrected chi connectivity index (χ4v) is 5.53. The van der Waals surface area contributed by atoms with Gasteiger partial charge in [0.1, 0.15) is 5.82 Å². The molecule has 1 amide bonds. The number of halogens is 2. The minimum absolute atomic E-state index is 0.00985. The van der Waals surface area contributed by atoms with E-state index in [4.69, 9.17) is 28.2 Å². The van der Waals surface area contributed by atoms with Crippen LogP contribution in [0, 0.1) is 5.92 Å². The summed E-state index contributed by atoms with van der Waals surface area (Å²) in [5.74, 6) is 0.422. The molecule has 1 aliphatic heterocycles. The number of amides is 1. The molecular formula is C28H29Cl2N5O5. The molecule has 0 radical (unpaired) electrons. The largest absolute Gasteiger partial charge is 0.394 e. The van der Waals surface area contributed by atoms with E-state index in [2.05, 4.69) is 0 Å². The molecule has 4 aromatic rings. The molecule has 0 saturated carbocycles.